The highest BCUT2D eigenvalue weighted by Crippen LogP contribution is 2.19. The molecule has 1 saturated carbocycles. The van der Waals surface area contributed by atoms with Crippen LogP contribution in [0.4, 0.5) is 0 Å². The Balaban J connectivity index is 1.83. The number of hydrogen-bond donors (Lipinski definition) is 2. The number of aryl methyl sites for hydroxylation is 1. The summed E-state index contributed by atoms with van der Waals surface area (Å²) in [4.78, 5) is 5.49. The molecule has 1 aromatic heterocycles. The van der Waals surface area contributed by atoms with Crippen molar-refractivity contribution in [3.8, 4) is 0 Å². The second kappa shape index (κ2) is 5.75. The number of hydrogen-bond acceptors (Lipinski definition) is 4. The molecule has 2 N–H and O–H groups in total. The summed E-state index contributed by atoms with van der Waals surface area (Å²) in [6, 6.07) is 0.268. The van der Waals surface area contributed by atoms with Crippen molar-refractivity contribution in [2.75, 3.05) is 0 Å². The summed E-state index contributed by atoms with van der Waals surface area (Å²) < 4.78 is 0. The topological polar surface area (TPSA) is 45.2 Å². The van der Waals surface area contributed by atoms with Crippen LogP contribution in [-0.4, -0.2) is 22.2 Å². The molecule has 0 amide bonds. The normalized spacial score (nSPS) is 26.6. The van der Waals surface area contributed by atoms with Crippen LogP contribution in [0.5, 0.6) is 0 Å². The molecule has 0 radical (unpaired) electrons. The average molecular weight is 240 g/mol. The van der Waals surface area contributed by atoms with Crippen LogP contribution in [0.1, 0.15) is 42.0 Å². The van der Waals surface area contributed by atoms with Crippen molar-refractivity contribution in [3.63, 3.8) is 0 Å². The molecule has 1 heterocycles. The molecule has 0 aromatic carbocycles. The number of thiazole rings is 1. The van der Waals surface area contributed by atoms with Crippen molar-refractivity contribution in [3.05, 3.63) is 16.1 Å². The summed E-state index contributed by atoms with van der Waals surface area (Å²) in [5.74, 6) is 0. The van der Waals surface area contributed by atoms with Crippen molar-refractivity contribution in [2.45, 2.75) is 57.7 Å². The van der Waals surface area contributed by atoms with Gasteiger partial charge in [0, 0.05) is 23.7 Å². The number of aromatic nitrogens is 1. The van der Waals surface area contributed by atoms with Gasteiger partial charge in [0.05, 0.1) is 11.1 Å². The molecule has 2 unspecified atom stereocenters. The Kier molecular flexibility index (Phi) is 4.32. The minimum atomic E-state index is -0.170. The van der Waals surface area contributed by atoms with Crippen molar-refractivity contribution >= 4 is 11.3 Å². The Morgan fingerprint density at radius 3 is 3.00 bits per heavy atom. The minimum absolute atomic E-state index is 0.170. The van der Waals surface area contributed by atoms with Gasteiger partial charge in [-0.3, -0.25) is 0 Å². The predicted molar refractivity (Wildman–Crippen MR) is 66.6 cm³/mol. The Morgan fingerprint density at radius 1 is 1.44 bits per heavy atom. The van der Waals surface area contributed by atoms with Gasteiger partial charge in [0.25, 0.3) is 0 Å². The summed E-state index contributed by atoms with van der Waals surface area (Å²) in [6.45, 7) is 2.86. The zero-order valence-corrected chi connectivity index (χ0v) is 10.6. The highest BCUT2D eigenvalue weighted by molar-refractivity contribution is 7.11. The van der Waals surface area contributed by atoms with Crippen LogP contribution in [0.3, 0.4) is 0 Å². The highest BCUT2D eigenvalue weighted by Gasteiger charge is 2.20. The van der Waals surface area contributed by atoms with Crippen LogP contribution in [0.15, 0.2) is 6.20 Å². The van der Waals surface area contributed by atoms with Gasteiger partial charge in [0.2, 0.25) is 0 Å². The molecule has 0 bridgehead atoms. The molecule has 1 aliphatic rings. The van der Waals surface area contributed by atoms with Gasteiger partial charge in [-0.1, -0.05) is 19.3 Å². The third kappa shape index (κ3) is 3.27. The minimum Gasteiger partial charge on any atom is -0.392 e. The van der Waals surface area contributed by atoms with Gasteiger partial charge in [-0.2, -0.15) is 0 Å². The highest BCUT2D eigenvalue weighted by atomic mass is 32.1. The average Bonchev–Trinajstić information content (AvgIpc) is 2.56. The molecule has 90 valence electrons. The maximum atomic E-state index is 9.96. The van der Waals surface area contributed by atoms with E-state index in [2.05, 4.69) is 10.3 Å². The quantitative estimate of drug-likeness (QED) is 0.796. The van der Waals surface area contributed by atoms with Crippen LogP contribution in [-0.2, 0) is 6.54 Å². The summed E-state index contributed by atoms with van der Waals surface area (Å²) >= 11 is 1.73. The van der Waals surface area contributed by atoms with Gasteiger partial charge < -0.3 is 10.4 Å². The molecule has 1 aromatic rings. The first-order valence-electron chi connectivity index (χ1n) is 6.08. The summed E-state index contributed by atoms with van der Waals surface area (Å²) in [7, 11) is 0. The molecule has 2 atom stereocenters. The first-order valence-corrected chi connectivity index (χ1v) is 6.90. The number of nitrogens with zero attached hydrogens (tertiary/aromatic N) is 1. The lowest BCUT2D eigenvalue weighted by Gasteiger charge is -2.21. The van der Waals surface area contributed by atoms with E-state index in [1.165, 1.54) is 24.1 Å². The molecule has 1 fully saturated rings. The molecule has 2 rings (SSSR count). The fourth-order valence-electron chi connectivity index (χ4n) is 2.24. The molecular formula is C12H20N2OS. The van der Waals surface area contributed by atoms with E-state index in [9.17, 15) is 5.11 Å². The molecule has 1 aliphatic carbocycles. The molecule has 0 aliphatic heterocycles. The molecule has 16 heavy (non-hydrogen) atoms. The lowest BCUT2D eigenvalue weighted by molar-refractivity contribution is 0.119. The maximum absolute atomic E-state index is 9.96. The van der Waals surface area contributed by atoms with Crippen LogP contribution >= 0.6 is 11.3 Å². The summed E-state index contributed by atoms with van der Waals surface area (Å²) in [6.07, 6.45) is 7.45. The Labute approximate surface area is 101 Å². The third-order valence-corrected chi connectivity index (χ3v) is 4.10. The van der Waals surface area contributed by atoms with E-state index in [-0.39, 0.29) is 12.1 Å². The van der Waals surface area contributed by atoms with E-state index in [1.807, 2.05) is 13.1 Å². The van der Waals surface area contributed by atoms with E-state index >= 15 is 0 Å². The SMILES string of the molecule is Cc1ncc(CNC2CCCCCC2O)s1. The van der Waals surface area contributed by atoms with Gasteiger partial charge in [-0.05, 0) is 19.8 Å². The lowest BCUT2D eigenvalue weighted by Crippen LogP contribution is -2.38. The zero-order valence-electron chi connectivity index (χ0n) is 9.78. The monoisotopic (exact) mass is 240 g/mol. The molecule has 0 spiro atoms. The fourth-order valence-corrected chi connectivity index (χ4v) is 2.99. The largest absolute Gasteiger partial charge is 0.392 e. The number of rotatable bonds is 3. The first kappa shape index (κ1) is 12.0. The van der Waals surface area contributed by atoms with Gasteiger partial charge in [-0.15, -0.1) is 11.3 Å². The van der Waals surface area contributed by atoms with E-state index < -0.39 is 0 Å². The maximum Gasteiger partial charge on any atom is 0.0897 e. The predicted octanol–water partition coefficient (Wildman–Crippen LogP) is 2.23. The Hall–Kier alpha value is -0.450. The van der Waals surface area contributed by atoms with Crippen LogP contribution in [0.2, 0.25) is 0 Å². The number of nitrogens with one attached hydrogen (secondary N) is 1. The standard InChI is InChI=1S/C12H20N2OS/c1-9-13-7-10(16-9)8-14-11-5-3-2-4-6-12(11)15/h7,11-12,14-15H,2-6,8H2,1H3. The molecule has 4 heteroatoms. The second-order valence-corrected chi connectivity index (χ2v) is 5.86. The molecular weight excluding hydrogens is 220 g/mol. The third-order valence-electron chi connectivity index (χ3n) is 3.19. The van der Waals surface area contributed by atoms with E-state index in [1.54, 1.807) is 11.3 Å². The second-order valence-electron chi connectivity index (χ2n) is 4.54. The van der Waals surface area contributed by atoms with Crippen molar-refractivity contribution in [1.29, 1.82) is 0 Å². The van der Waals surface area contributed by atoms with Crippen LogP contribution in [0.25, 0.3) is 0 Å². The van der Waals surface area contributed by atoms with Crippen LogP contribution < -0.4 is 5.32 Å². The Morgan fingerprint density at radius 2 is 2.25 bits per heavy atom. The van der Waals surface area contributed by atoms with Gasteiger partial charge in [0.15, 0.2) is 0 Å². The molecule has 3 nitrogen and oxygen atoms in total. The lowest BCUT2D eigenvalue weighted by atomic mass is 10.1. The van der Waals surface area contributed by atoms with Gasteiger partial charge >= 0.3 is 0 Å². The van der Waals surface area contributed by atoms with Gasteiger partial charge in [0.1, 0.15) is 0 Å². The summed E-state index contributed by atoms with van der Waals surface area (Å²) in [5.41, 5.74) is 0. The van der Waals surface area contributed by atoms with E-state index in [4.69, 9.17) is 0 Å². The fraction of sp³-hybridized carbons (Fsp3) is 0.750. The van der Waals surface area contributed by atoms with Crippen molar-refractivity contribution in [2.24, 2.45) is 0 Å². The van der Waals surface area contributed by atoms with Crippen molar-refractivity contribution < 1.29 is 5.11 Å². The Bertz CT molecular complexity index is 327. The smallest absolute Gasteiger partial charge is 0.0897 e. The van der Waals surface area contributed by atoms with E-state index in [0.717, 1.165) is 24.4 Å². The summed E-state index contributed by atoms with van der Waals surface area (Å²) in [5, 5.41) is 14.5. The first-order chi connectivity index (χ1) is 7.75. The van der Waals surface area contributed by atoms with Crippen LogP contribution in [0, 0.1) is 6.92 Å². The number of aliphatic hydroxyl groups excluding tert-OH is 1. The zero-order chi connectivity index (χ0) is 11.4. The van der Waals surface area contributed by atoms with Gasteiger partial charge in [-0.25, -0.2) is 4.98 Å². The number of aliphatic hydroxyl groups is 1. The van der Waals surface area contributed by atoms with E-state index in [0.29, 0.717) is 0 Å². The van der Waals surface area contributed by atoms with Crippen molar-refractivity contribution in [1.82, 2.24) is 10.3 Å². The molecule has 0 saturated heterocycles.